The Morgan fingerprint density at radius 2 is 2.00 bits per heavy atom. The van der Waals surface area contributed by atoms with Crippen LogP contribution in [0.15, 0.2) is 42.6 Å². The number of hydrogen-bond acceptors (Lipinski definition) is 3. The molecule has 1 fully saturated rings. The monoisotopic (exact) mass is 411 g/mol. The maximum atomic E-state index is 13.5. The first kappa shape index (κ1) is 21.0. The van der Waals surface area contributed by atoms with Crippen LogP contribution < -0.4 is 10.6 Å². The van der Waals surface area contributed by atoms with Gasteiger partial charge in [-0.15, -0.1) is 0 Å². The maximum Gasteiger partial charge on any atom is 0.418 e. The van der Waals surface area contributed by atoms with Crippen LogP contribution in [0.25, 0.3) is 0 Å². The number of alkyl halides is 4. The number of benzene rings is 1. The highest BCUT2D eigenvalue weighted by atomic mass is 19.4. The average molecular weight is 411 g/mol. The fraction of sp³-hybridized carbons (Fsp3) is 0.400. The summed E-state index contributed by atoms with van der Waals surface area (Å²) in [6, 6.07) is 6.00. The van der Waals surface area contributed by atoms with Gasteiger partial charge >= 0.3 is 12.2 Å². The zero-order valence-electron chi connectivity index (χ0n) is 15.5. The van der Waals surface area contributed by atoms with E-state index in [0.717, 1.165) is 18.9 Å². The quantitative estimate of drug-likeness (QED) is 0.727. The Morgan fingerprint density at radius 3 is 2.62 bits per heavy atom. The van der Waals surface area contributed by atoms with Gasteiger partial charge in [0.2, 0.25) is 0 Å². The Hall–Kier alpha value is -2.68. The normalized spacial score (nSPS) is 18.1. The van der Waals surface area contributed by atoms with Crippen molar-refractivity contribution in [2.75, 3.05) is 13.2 Å². The van der Waals surface area contributed by atoms with Gasteiger partial charge in [-0.3, -0.25) is 4.98 Å². The van der Waals surface area contributed by atoms with Crippen molar-refractivity contribution in [3.05, 3.63) is 65.0 Å². The van der Waals surface area contributed by atoms with E-state index in [-0.39, 0.29) is 11.7 Å². The third-order valence-corrected chi connectivity index (χ3v) is 4.66. The van der Waals surface area contributed by atoms with Crippen molar-refractivity contribution in [2.45, 2.75) is 37.8 Å². The molecule has 1 saturated heterocycles. The maximum absolute atomic E-state index is 13.5. The number of carbonyl (C=O) groups is 1. The smallest absolute Gasteiger partial charge is 0.379 e. The van der Waals surface area contributed by atoms with Crippen LogP contribution in [0.4, 0.5) is 22.4 Å². The highest BCUT2D eigenvalue weighted by Gasteiger charge is 2.37. The van der Waals surface area contributed by atoms with Crippen LogP contribution in [-0.2, 0) is 17.6 Å². The minimum absolute atomic E-state index is 0.218. The Kier molecular flexibility index (Phi) is 6.68. The van der Waals surface area contributed by atoms with Crippen LogP contribution >= 0.6 is 0 Å². The number of aromatic nitrogens is 1. The Bertz CT molecular complexity index is 821. The van der Waals surface area contributed by atoms with Gasteiger partial charge < -0.3 is 15.4 Å². The van der Waals surface area contributed by atoms with Crippen molar-refractivity contribution in [3.63, 3.8) is 0 Å². The molecule has 5 nitrogen and oxygen atoms in total. The van der Waals surface area contributed by atoms with E-state index >= 15 is 0 Å². The molecule has 29 heavy (non-hydrogen) atoms. The molecule has 2 atom stereocenters. The highest BCUT2D eigenvalue weighted by molar-refractivity contribution is 5.75. The molecule has 9 heteroatoms. The summed E-state index contributed by atoms with van der Waals surface area (Å²) in [6.45, 7) is 0.269. The summed E-state index contributed by atoms with van der Waals surface area (Å²) in [4.78, 5) is 16.4. The molecule has 1 aromatic carbocycles. The number of urea groups is 1. The van der Waals surface area contributed by atoms with Crippen molar-refractivity contribution in [3.8, 4) is 0 Å². The predicted octanol–water partition coefficient (Wildman–Crippen LogP) is 4.14. The minimum Gasteiger partial charge on any atom is -0.379 e. The number of halogens is 4. The zero-order chi connectivity index (χ0) is 20.9. The molecule has 1 aliphatic heterocycles. The van der Waals surface area contributed by atoms with Crippen LogP contribution in [0.1, 0.15) is 41.3 Å². The van der Waals surface area contributed by atoms with Gasteiger partial charge in [-0.05, 0) is 36.1 Å². The minimum atomic E-state index is -4.64. The van der Waals surface area contributed by atoms with Gasteiger partial charge in [-0.25, -0.2) is 9.18 Å². The molecule has 2 amide bonds. The fourth-order valence-corrected chi connectivity index (χ4v) is 3.21. The summed E-state index contributed by atoms with van der Waals surface area (Å²) in [5.41, 5.74) is -0.529. The fourth-order valence-electron chi connectivity index (χ4n) is 3.21. The van der Waals surface area contributed by atoms with E-state index in [1.54, 1.807) is 0 Å². The van der Waals surface area contributed by atoms with Gasteiger partial charge in [-0.1, -0.05) is 24.3 Å². The van der Waals surface area contributed by atoms with Gasteiger partial charge in [-0.2, -0.15) is 13.2 Å². The number of carbonyl (C=O) groups excluding carboxylic acids is 1. The molecular weight excluding hydrogens is 390 g/mol. The molecule has 2 aromatic rings. The molecule has 0 bridgehead atoms. The molecule has 0 aliphatic carbocycles. The molecule has 1 unspecified atom stereocenters. The van der Waals surface area contributed by atoms with E-state index in [0.29, 0.717) is 24.3 Å². The van der Waals surface area contributed by atoms with Crippen molar-refractivity contribution in [1.29, 1.82) is 0 Å². The molecule has 3 rings (SSSR count). The summed E-state index contributed by atoms with van der Waals surface area (Å²) in [5, 5.41) is 5.31. The molecule has 2 heterocycles. The second-order valence-electron chi connectivity index (χ2n) is 6.77. The third-order valence-electron chi connectivity index (χ3n) is 4.66. The lowest BCUT2D eigenvalue weighted by atomic mass is 9.98. The second kappa shape index (κ2) is 9.21. The number of ether oxygens (including phenoxy) is 1. The molecule has 1 aromatic heterocycles. The van der Waals surface area contributed by atoms with E-state index in [9.17, 15) is 22.4 Å². The molecule has 0 spiro atoms. The summed E-state index contributed by atoms with van der Waals surface area (Å²) in [6.07, 6.45) is -1.89. The Labute approximate surface area is 165 Å². The highest BCUT2D eigenvalue weighted by Crippen LogP contribution is 2.35. The van der Waals surface area contributed by atoms with Crippen molar-refractivity contribution >= 4 is 6.03 Å². The van der Waals surface area contributed by atoms with Crippen LogP contribution in [0, 0.1) is 0 Å². The number of pyridine rings is 1. The molecule has 156 valence electrons. The van der Waals surface area contributed by atoms with E-state index < -0.39 is 30.5 Å². The molecule has 0 radical (unpaired) electrons. The molecule has 0 saturated carbocycles. The van der Waals surface area contributed by atoms with Gasteiger partial charge in [0.15, 0.2) is 0 Å². The number of hydrogen-bond donors (Lipinski definition) is 2. The molecular formula is C20H21F4N3O2. The lowest BCUT2D eigenvalue weighted by Crippen LogP contribution is -2.47. The lowest BCUT2D eigenvalue weighted by Gasteiger charge is -2.26. The standard InChI is InChI=1S/C20H21F4N3O2/c21-11-13-5-7-14(8-6-13)17(18-16(20(22,23)24)4-1-9-25-18)27-19(28)26-15-3-2-10-29-12-15/h1,4-9,15,17H,2-3,10-12H2,(H2,26,27,28)/t15?,17-/m0/s1. The predicted molar refractivity (Wildman–Crippen MR) is 97.8 cm³/mol. The SMILES string of the molecule is O=C(NC1CCCOC1)N[C@@H](c1ccc(CF)cc1)c1ncccc1C(F)(F)F. The third kappa shape index (κ3) is 5.44. The van der Waals surface area contributed by atoms with Gasteiger partial charge in [0, 0.05) is 12.8 Å². The first-order chi connectivity index (χ1) is 13.9. The Balaban J connectivity index is 1.91. The van der Waals surface area contributed by atoms with Crippen LogP contribution in [0.2, 0.25) is 0 Å². The number of rotatable bonds is 5. The second-order valence-corrected chi connectivity index (χ2v) is 6.77. The topological polar surface area (TPSA) is 63.2 Å². The van der Waals surface area contributed by atoms with E-state index in [1.807, 2.05) is 0 Å². The van der Waals surface area contributed by atoms with Gasteiger partial charge in [0.05, 0.1) is 29.9 Å². The van der Waals surface area contributed by atoms with E-state index in [2.05, 4.69) is 15.6 Å². The van der Waals surface area contributed by atoms with Gasteiger partial charge in [0.1, 0.15) is 6.67 Å². The lowest BCUT2D eigenvalue weighted by molar-refractivity contribution is -0.138. The first-order valence-electron chi connectivity index (χ1n) is 9.20. The number of nitrogens with one attached hydrogen (secondary N) is 2. The van der Waals surface area contributed by atoms with E-state index in [4.69, 9.17) is 4.74 Å². The van der Waals surface area contributed by atoms with Crippen LogP contribution in [-0.4, -0.2) is 30.3 Å². The average Bonchev–Trinajstić information content (AvgIpc) is 2.72. The largest absolute Gasteiger partial charge is 0.418 e. The number of nitrogens with zero attached hydrogens (tertiary/aromatic N) is 1. The van der Waals surface area contributed by atoms with Gasteiger partial charge in [0.25, 0.3) is 0 Å². The Morgan fingerprint density at radius 1 is 1.24 bits per heavy atom. The van der Waals surface area contributed by atoms with E-state index in [1.165, 1.54) is 36.5 Å². The van der Waals surface area contributed by atoms with Crippen molar-refractivity contribution < 1.29 is 27.1 Å². The van der Waals surface area contributed by atoms with Crippen molar-refractivity contribution in [1.82, 2.24) is 15.6 Å². The van der Waals surface area contributed by atoms with Crippen LogP contribution in [0.3, 0.4) is 0 Å². The molecule has 2 N–H and O–H groups in total. The van der Waals surface area contributed by atoms with Crippen molar-refractivity contribution in [2.24, 2.45) is 0 Å². The number of amides is 2. The first-order valence-corrected chi connectivity index (χ1v) is 9.20. The zero-order valence-corrected chi connectivity index (χ0v) is 15.5. The van der Waals surface area contributed by atoms with Crippen LogP contribution in [0.5, 0.6) is 0 Å². The summed E-state index contributed by atoms with van der Waals surface area (Å²) in [7, 11) is 0. The summed E-state index contributed by atoms with van der Waals surface area (Å²) >= 11 is 0. The summed E-state index contributed by atoms with van der Waals surface area (Å²) in [5.74, 6) is 0. The molecule has 1 aliphatic rings. The summed E-state index contributed by atoms with van der Waals surface area (Å²) < 4.78 is 58.7.